The van der Waals surface area contributed by atoms with E-state index in [0.717, 1.165) is 24.0 Å². The minimum atomic E-state index is -2.44. The molecular formula is C22H18Cl2N2O6. The van der Waals surface area contributed by atoms with Crippen LogP contribution in [-0.2, 0) is 39.5 Å². The van der Waals surface area contributed by atoms with E-state index in [9.17, 15) is 19.2 Å². The standard InChI is InChI=1S/C22H18Cl2N2O6/c1-25-15-11(7-5-9-13(15)23)21(17(25)27,19(29)31-3)22(20(30)32-4)12-8-6-10-14(24)16(12)26(2)18(22)28/h5-10H,1-4H3/t21-,22-/m1/s1. The van der Waals surface area contributed by atoms with Crippen LogP contribution in [0, 0.1) is 0 Å². The maximum atomic E-state index is 14.0. The highest BCUT2D eigenvalue weighted by Gasteiger charge is 2.79. The van der Waals surface area contributed by atoms with E-state index in [-0.39, 0.29) is 32.5 Å². The predicted octanol–water partition coefficient (Wildman–Crippen LogP) is 2.47. The van der Waals surface area contributed by atoms with Gasteiger partial charge in [-0.05, 0) is 12.1 Å². The fraction of sp³-hybridized carbons (Fsp3) is 0.273. The van der Waals surface area contributed by atoms with Gasteiger partial charge < -0.3 is 19.3 Å². The Balaban J connectivity index is 2.28. The molecule has 0 bridgehead atoms. The molecule has 0 aromatic heterocycles. The number of carbonyl (C=O) groups excluding carboxylic acids is 4. The molecule has 2 heterocycles. The number of halogens is 2. The molecule has 4 rings (SSSR count). The Kier molecular flexibility index (Phi) is 4.98. The van der Waals surface area contributed by atoms with Gasteiger partial charge in [-0.15, -0.1) is 0 Å². The first-order valence-corrected chi connectivity index (χ1v) is 10.2. The third-order valence-corrected chi connectivity index (χ3v) is 6.86. The van der Waals surface area contributed by atoms with Crippen LogP contribution in [0.25, 0.3) is 0 Å². The summed E-state index contributed by atoms with van der Waals surface area (Å²) in [5.74, 6) is -3.91. The summed E-state index contributed by atoms with van der Waals surface area (Å²) in [6.07, 6.45) is 0. The summed E-state index contributed by atoms with van der Waals surface area (Å²) >= 11 is 12.8. The molecule has 166 valence electrons. The quantitative estimate of drug-likeness (QED) is 0.498. The smallest absolute Gasteiger partial charge is 0.328 e. The van der Waals surface area contributed by atoms with Crippen LogP contribution in [-0.4, -0.2) is 52.1 Å². The second-order valence-corrected chi connectivity index (χ2v) is 8.30. The molecule has 2 aliphatic heterocycles. The Bertz CT molecular complexity index is 1120. The Morgan fingerprint density at radius 3 is 1.41 bits per heavy atom. The molecule has 32 heavy (non-hydrogen) atoms. The van der Waals surface area contributed by atoms with Crippen LogP contribution in [0.1, 0.15) is 11.1 Å². The maximum Gasteiger partial charge on any atom is 0.328 e. The van der Waals surface area contributed by atoms with Crippen molar-refractivity contribution in [2.75, 3.05) is 38.1 Å². The highest BCUT2D eigenvalue weighted by atomic mass is 35.5. The SMILES string of the molecule is COC(=O)[C@]1([C@@]2(C(=O)OC)C(=O)N(C)c3c(Cl)cccc32)C(=O)N(C)c2c(Cl)cccc21. The van der Waals surface area contributed by atoms with Crippen LogP contribution >= 0.6 is 23.2 Å². The summed E-state index contributed by atoms with van der Waals surface area (Å²) in [5, 5.41) is 0.323. The molecule has 2 aliphatic rings. The number of fused-ring (bicyclic) bond motifs is 2. The van der Waals surface area contributed by atoms with Gasteiger partial charge in [0.2, 0.25) is 10.8 Å². The fourth-order valence-electron chi connectivity index (χ4n) is 4.99. The first kappa shape index (κ1) is 22.1. The van der Waals surface area contributed by atoms with E-state index in [2.05, 4.69) is 0 Å². The zero-order chi connectivity index (χ0) is 23.6. The van der Waals surface area contributed by atoms with Gasteiger partial charge in [-0.1, -0.05) is 47.5 Å². The highest BCUT2D eigenvalue weighted by molar-refractivity contribution is 6.40. The lowest BCUT2D eigenvalue weighted by atomic mass is 9.57. The summed E-state index contributed by atoms with van der Waals surface area (Å²) in [7, 11) is 4.97. The molecule has 0 saturated carbocycles. The molecule has 10 heteroatoms. The number of hydrogen-bond acceptors (Lipinski definition) is 6. The third-order valence-electron chi connectivity index (χ3n) is 6.25. The lowest BCUT2D eigenvalue weighted by molar-refractivity contribution is -0.168. The van der Waals surface area contributed by atoms with E-state index in [1.807, 2.05) is 0 Å². The molecule has 0 saturated heterocycles. The van der Waals surface area contributed by atoms with Crippen molar-refractivity contribution in [3.05, 3.63) is 57.6 Å². The van der Waals surface area contributed by atoms with E-state index < -0.39 is 34.6 Å². The van der Waals surface area contributed by atoms with Crippen molar-refractivity contribution < 1.29 is 28.7 Å². The third kappa shape index (κ3) is 2.23. The van der Waals surface area contributed by atoms with Crippen LogP contribution in [0.3, 0.4) is 0 Å². The number of anilines is 2. The van der Waals surface area contributed by atoms with Crippen LogP contribution in [0.4, 0.5) is 11.4 Å². The van der Waals surface area contributed by atoms with Gasteiger partial charge in [0.25, 0.3) is 11.8 Å². The number of benzene rings is 2. The van der Waals surface area contributed by atoms with E-state index in [1.165, 1.54) is 50.5 Å². The fourth-order valence-corrected chi connectivity index (χ4v) is 5.59. The topological polar surface area (TPSA) is 93.2 Å². The van der Waals surface area contributed by atoms with Crippen molar-refractivity contribution in [1.29, 1.82) is 0 Å². The van der Waals surface area contributed by atoms with Gasteiger partial charge in [-0.25, -0.2) is 0 Å². The molecule has 0 N–H and O–H groups in total. The number of rotatable bonds is 3. The number of carbonyl (C=O) groups is 4. The van der Waals surface area contributed by atoms with Crippen molar-refractivity contribution in [2.24, 2.45) is 0 Å². The number of para-hydroxylation sites is 2. The molecular weight excluding hydrogens is 459 g/mol. The van der Waals surface area contributed by atoms with Gasteiger partial charge >= 0.3 is 11.9 Å². The number of hydrogen-bond donors (Lipinski definition) is 0. The average molecular weight is 477 g/mol. The number of ether oxygens (including phenoxy) is 2. The second kappa shape index (κ2) is 7.21. The highest BCUT2D eigenvalue weighted by Crippen LogP contribution is 2.60. The van der Waals surface area contributed by atoms with E-state index in [1.54, 1.807) is 0 Å². The Morgan fingerprint density at radius 1 is 0.750 bits per heavy atom. The molecule has 8 nitrogen and oxygen atoms in total. The van der Waals surface area contributed by atoms with Crippen molar-refractivity contribution in [2.45, 2.75) is 10.8 Å². The first-order valence-electron chi connectivity index (χ1n) is 9.45. The number of methoxy groups -OCH3 is 2. The van der Waals surface area contributed by atoms with Gasteiger partial charge in [0, 0.05) is 25.2 Å². The van der Waals surface area contributed by atoms with E-state index in [0.29, 0.717) is 0 Å². The van der Waals surface area contributed by atoms with Crippen LogP contribution < -0.4 is 9.80 Å². The van der Waals surface area contributed by atoms with Gasteiger partial charge in [0.1, 0.15) is 0 Å². The molecule has 2 amide bonds. The maximum absolute atomic E-state index is 14.0. The van der Waals surface area contributed by atoms with Crippen LogP contribution in [0.2, 0.25) is 10.0 Å². The van der Waals surface area contributed by atoms with Crippen LogP contribution in [0.15, 0.2) is 36.4 Å². The minimum absolute atomic E-state index is 0.0596. The van der Waals surface area contributed by atoms with Gasteiger partial charge in [0.15, 0.2) is 0 Å². The van der Waals surface area contributed by atoms with Gasteiger partial charge in [-0.2, -0.15) is 0 Å². The lowest BCUT2D eigenvalue weighted by Gasteiger charge is -2.39. The number of esters is 2. The Hall–Kier alpha value is -3.10. The molecule has 2 aromatic carbocycles. The van der Waals surface area contributed by atoms with Crippen molar-refractivity contribution in [3.8, 4) is 0 Å². The normalized spacial score (nSPS) is 23.8. The van der Waals surface area contributed by atoms with Crippen LogP contribution in [0.5, 0.6) is 0 Å². The number of nitrogens with zero attached hydrogens (tertiary/aromatic N) is 2. The first-order chi connectivity index (χ1) is 15.1. The molecule has 0 fully saturated rings. The monoisotopic (exact) mass is 476 g/mol. The molecule has 2 atom stereocenters. The zero-order valence-corrected chi connectivity index (χ0v) is 19.1. The number of likely N-dealkylation sites (N-methyl/N-ethyl adjacent to an activating group) is 2. The van der Waals surface area contributed by atoms with Crippen molar-refractivity contribution in [1.82, 2.24) is 0 Å². The summed E-state index contributed by atoms with van der Waals surface area (Å²) < 4.78 is 10.1. The average Bonchev–Trinajstić information content (AvgIpc) is 3.15. The molecule has 0 aliphatic carbocycles. The van der Waals surface area contributed by atoms with E-state index >= 15 is 0 Å². The zero-order valence-electron chi connectivity index (χ0n) is 17.6. The molecule has 0 radical (unpaired) electrons. The van der Waals surface area contributed by atoms with Crippen molar-refractivity contribution >= 4 is 58.3 Å². The van der Waals surface area contributed by atoms with Crippen molar-refractivity contribution in [3.63, 3.8) is 0 Å². The summed E-state index contributed by atoms with van der Waals surface area (Å²) in [6, 6.07) is 9.07. The molecule has 2 aromatic rings. The van der Waals surface area contributed by atoms with Gasteiger partial charge in [-0.3, -0.25) is 19.2 Å². The van der Waals surface area contributed by atoms with Gasteiger partial charge in [0.05, 0.1) is 35.6 Å². The summed E-state index contributed by atoms with van der Waals surface area (Å²) in [5.41, 5.74) is -4.37. The lowest BCUT2D eigenvalue weighted by Crippen LogP contribution is -2.67. The largest absolute Gasteiger partial charge is 0.468 e. The molecule has 0 spiro atoms. The Labute approximate surface area is 193 Å². The Morgan fingerprint density at radius 2 is 1.09 bits per heavy atom. The predicted molar refractivity (Wildman–Crippen MR) is 117 cm³/mol. The number of amides is 2. The minimum Gasteiger partial charge on any atom is -0.468 e. The second-order valence-electron chi connectivity index (χ2n) is 7.48. The molecule has 0 unspecified atom stereocenters. The summed E-state index contributed by atoms with van der Waals surface area (Å²) in [4.78, 5) is 57.4. The summed E-state index contributed by atoms with van der Waals surface area (Å²) in [6.45, 7) is 0. The van der Waals surface area contributed by atoms with E-state index in [4.69, 9.17) is 32.7 Å².